The highest BCUT2D eigenvalue weighted by atomic mass is 79.9. The van der Waals surface area contributed by atoms with Gasteiger partial charge in [0.25, 0.3) is 5.91 Å². The van der Waals surface area contributed by atoms with E-state index in [-0.39, 0.29) is 11.7 Å². The maximum absolute atomic E-state index is 14.5. The summed E-state index contributed by atoms with van der Waals surface area (Å²) in [7, 11) is 0. The summed E-state index contributed by atoms with van der Waals surface area (Å²) >= 11 is 3.43. The lowest BCUT2D eigenvalue weighted by atomic mass is 10.2. The molecule has 0 radical (unpaired) electrons. The van der Waals surface area contributed by atoms with E-state index in [1.165, 1.54) is 6.07 Å². The molecule has 0 bridgehead atoms. The van der Waals surface area contributed by atoms with E-state index in [1.54, 1.807) is 25.1 Å². The van der Waals surface area contributed by atoms with Crippen LogP contribution in [-0.4, -0.2) is 38.3 Å². The van der Waals surface area contributed by atoms with E-state index in [9.17, 15) is 9.18 Å². The van der Waals surface area contributed by atoms with Crippen molar-refractivity contribution < 1.29 is 18.7 Å². The van der Waals surface area contributed by atoms with Gasteiger partial charge in [-0.1, -0.05) is 6.07 Å². The molecule has 144 valence electrons. The zero-order valence-corrected chi connectivity index (χ0v) is 16.9. The predicted octanol–water partition coefficient (Wildman–Crippen LogP) is 4.14. The van der Waals surface area contributed by atoms with Gasteiger partial charge in [0.2, 0.25) is 0 Å². The topological polar surface area (TPSA) is 50.8 Å². The zero-order chi connectivity index (χ0) is 19.4. The van der Waals surface area contributed by atoms with Gasteiger partial charge >= 0.3 is 0 Å². The highest BCUT2D eigenvalue weighted by Crippen LogP contribution is 2.27. The highest BCUT2D eigenvalue weighted by Gasteiger charge is 2.19. The Bertz CT molecular complexity index is 825. The van der Waals surface area contributed by atoms with Gasteiger partial charge in [0.15, 0.2) is 6.10 Å². The normalized spacial score (nSPS) is 15.3. The van der Waals surface area contributed by atoms with Crippen molar-refractivity contribution in [2.45, 2.75) is 20.0 Å². The lowest BCUT2D eigenvalue weighted by Crippen LogP contribution is -2.36. The predicted molar refractivity (Wildman–Crippen MR) is 107 cm³/mol. The molecule has 0 aliphatic carbocycles. The molecule has 2 aromatic rings. The van der Waals surface area contributed by atoms with E-state index in [0.29, 0.717) is 43.4 Å². The fourth-order valence-corrected chi connectivity index (χ4v) is 3.42. The van der Waals surface area contributed by atoms with Gasteiger partial charge in [-0.25, -0.2) is 4.39 Å². The highest BCUT2D eigenvalue weighted by molar-refractivity contribution is 9.10. The number of hydrogen-bond donors (Lipinski definition) is 1. The van der Waals surface area contributed by atoms with Crippen LogP contribution in [0.15, 0.2) is 40.9 Å². The SMILES string of the molecule is Cc1ccc(OC(C)C(=O)Nc2ccc(N3CCOCC3)c(F)c2)c(Br)c1. The number of nitrogens with zero attached hydrogens (tertiary/aromatic N) is 1. The van der Waals surface area contributed by atoms with Crippen molar-refractivity contribution in [3.63, 3.8) is 0 Å². The number of amides is 1. The van der Waals surface area contributed by atoms with Crippen LogP contribution in [-0.2, 0) is 9.53 Å². The van der Waals surface area contributed by atoms with Crippen molar-refractivity contribution >= 4 is 33.2 Å². The molecule has 1 unspecified atom stereocenters. The first-order valence-electron chi connectivity index (χ1n) is 8.80. The van der Waals surface area contributed by atoms with Crippen LogP contribution in [0.3, 0.4) is 0 Å². The number of halogens is 2. The van der Waals surface area contributed by atoms with Crippen LogP contribution >= 0.6 is 15.9 Å². The second-order valence-corrected chi connectivity index (χ2v) is 7.30. The zero-order valence-electron chi connectivity index (χ0n) is 15.3. The van der Waals surface area contributed by atoms with Gasteiger partial charge in [-0.2, -0.15) is 0 Å². The molecule has 1 saturated heterocycles. The Labute approximate surface area is 166 Å². The molecule has 1 N–H and O–H groups in total. The van der Waals surface area contributed by atoms with E-state index in [2.05, 4.69) is 21.2 Å². The van der Waals surface area contributed by atoms with Crippen LogP contribution in [0, 0.1) is 12.7 Å². The maximum atomic E-state index is 14.5. The van der Waals surface area contributed by atoms with Crippen LogP contribution in [0.4, 0.5) is 15.8 Å². The Hall–Kier alpha value is -2.12. The van der Waals surface area contributed by atoms with Gasteiger partial charge in [-0.05, 0) is 65.7 Å². The third-order valence-electron chi connectivity index (χ3n) is 4.33. The molecule has 0 aromatic heterocycles. The molecule has 2 aromatic carbocycles. The molecule has 1 aliphatic heterocycles. The van der Waals surface area contributed by atoms with Crippen molar-refractivity contribution in [1.82, 2.24) is 0 Å². The molecule has 1 aliphatic rings. The minimum absolute atomic E-state index is 0.346. The number of benzene rings is 2. The molecule has 7 heteroatoms. The van der Waals surface area contributed by atoms with E-state index in [4.69, 9.17) is 9.47 Å². The summed E-state index contributed by atoms with van der Waals surface area (Å²) in [6.07, 6.45) is -0.731. The first kappa shape index (κ1) is 19.6. The number of morpholine rings is 1. The number of aryl methyl sites for hydroxylation is 1. The van der Waals surface area contributed by atoms with Gasteiger partial charge < -0.3 is 19.7 Å². The number of ether oxygens (including phenoxy) is 2. The molecule has 5 nitrogen and oxygen atoms in total. The molecule has 1 heterocycles. The average molecular weight is 437 g/mol. The van der Waals surface area contributed by atoms with E-state index >= 15 is 0 Å². The van der Waals surface area contributed by atoms with Gasteiger partial charge in [0.05, 0.1) is 23.4 Å². The Kier molecular flexibility index (Phi) is 6.34. The third kappa shape index (κ3) is 4.99. The lowest BCUT2D eigenvalue weighted by Gasteiger charge is -2.29. The van der Waals surface area contributed by atoms with Gasteiger partial charge in [-0.3, -0.25) is 4.79 Å². The lowest BCUT2D eigenvalue weighted by molar-refractivity contribution is -0.122. The number of hydrogen-bond acceptors (Lipinski definition) is 4. The Morgan fingerprint density at radius 3 is 2.67 bits per heavy atom. The molecule has 0 saturated carbocycles. The smallest absolute Gasteiger partial charge is 0.265 e. The fraction of sp³-hybridized carbons (Fsp3) is 0.350. The monoisotopic (exact) mass is 436 g/mol. The van der Waals surface area contributed by atoms with Crippen molar-refractivity contribution in [3.05, 3.63) is 52.3 Å². The summed E-state index contributed by atoms with van der Waals surface area (Å²) in [4.78, 5) is 14.3. The van der Waals surface area contributed by atoms with Gasteiger partial charge in [0.1, 0.15) is 11.6 Å². The Morgan fingerprint density at radius 1 is 1.26 bits per heavy atom. The summed E-state index contributed by atoms with van der Waals surface area (Å²) in [6.45, 7) is 6.10. The summed E-state index contributed by atoms with van der Waals surface area (Å²) in [6, 6.07) is 10.3. The van der Waals surface area contributed by atoms with Crippen LogP contribution in [0.5, 0.6) is 5.75 Å². The molecule has 3 rings (SSSR count). The molecule has 1 atom stereocenters. The first-order chi connectivity index (χ1) is 12.9. The number of rotatable bonds is 5. The first-order valence-corrected chi connectivity index (χ1v) is 9.59. The summed E-state index contributed by atoms with van der Waals surface area (Å²) in [5.74, 6) is -0.136. The van der Waals surface area contributed by atoms with Crippen LogP contribution in [0.25, 0.3) is 0 Å². The van der Waals surface area contributed by atoms with Crippen LogP contribution < -0.4 is 15.0 Å². The molecule has 1 fully saturated rings. The number of carbonyl (C=O) groups excluding carboxylic acids is 1. The van der Waals surface area contributed by atoms with Crippen molar-refractivity contribution in [3.8, 4) is 5.75 Å². The number of carbonyl (C=O) groups is 1. The van der Waals surface area contributed by atoms with Gasteiger partial charge in [0, 0.05) is 18.8 Å². The van der Waals surface area contributed by atoms with E-state index in [0.717, 1.165) is 10.0 Å². The third-order valence-corrected chi connectivity index (χ3v) is 4.95. The summed E-state index contributed by atoms with van der Waals surface area (Å²) in [5, 5.41) is 2.70. The van der Waals surface area contributed by atoms with E-state index < -0.39 is 6.10 Å². The Balaban J connectivity index is 1.63. The van der Waals surface area contributed by atoms with Crippen molar-refractivity contribution in [1.29, 1.82) is 0 Å². The summed E-state index contributed by atoms with van der Waals surface area (Å²) < 4.78 is 26.2. The Morgan fingerprint density at radius 2 is 2.00 bits per heavy atom. The largest absolute Gasteiger partial charge is 0.480 e. The minimum Gasteiger partial charge on any atom is -0.480 e. The van der Waals surface area contributed by atoms with Crippen molar-refractivity contribution in [2.24, 2.45) is 0 Å². The fourth-order valence-electron chi connectivity index (χ4n) is 2.83. The van der Waals surface area contributed by atoms with Crippen LogP contribution in [0.2, 0.25) is 0 Å². The quantitative estimate of drug-likeness (QED) is 0.764. The molecule has 27 heavy (non-hydrogen) atoms. The van der Waals surface area contributed by atoms with Crippen LogP contribution in [0.1, 0.15) is 12.5 Å². The maximum Gasteiger partial charge on any atom is 0.265 e. The second-order valence-electron chi connectivity index (χ2n) is 6.45. The molecular weight excluding hydrogens is 415 g/mol. The molecular formula is C20H22BrFN2O3. The second kappa shape index (κ2) is 8.71. The molecule has 1 amide bonds. The van der Waals surface area contributed by atoms with Crippen molar-refractivity contribution in [2.75, 3.05) is 36.5 Å². The summed E-state index contributed by atoms with van der Waals surface area (Å²) in [5.41, 5.74) is 2.00. The van der Waals surface area contributed by atoms with Gasteiger partial charge in [-0.15, -0.1) is 0 Å². The minimum atomic E-state index is -0.731. The standard InChI is InChI=1S/C20H22BrFN2O3/c1-13-3-6-19(16(21)11-13)27-14(2)20(25)23-15-4-5-18(17(22)12-15)24-7-9-26-10-8-24/h3-6,11-12,14H,7-10H2,1-2H3,(H,23,25). The number of nitrogens with one attached hydrogen (secondary N) is 1. The average Bonchev–Trinajstić information content (AvgIpc) is 2.64. The number of anilines is 2. The molecule has 0 spiro atoms. The van der Waals surface area contributed by atoms with E-state index in [1.807, 2.05) is 24.0 Å².